The van der Waals surface area contributed by atoms with Crippen molar-refractivity contribution in [3.05, 3.63) is 182 Å². The van der Waals surface area contributed by atoms with E-state index in [1.807, 2.05) is 54.6 Å². The first-order chi connectivity index (χ1) is 28.2. The van der Waals surface area contributed by atoms with Crippen LogP contribution >= 0.6 is 0 Å². The molecule has 4 aromatic heterocycles. The highest BCUT2D eigenvalue weighted by molar-refractivity contribution is 6.14. The van der Waals surface area contributed by atoms with Gasteiger partial charge in [0.05, 0.1) is 16.7 Å². The fourth-order valence-corrected chi connectivity index (χ4v) is 8.36. The summed E-state index contributed by atoms with van der Waals surface area (Å²) >= 11 is 0. The molecule has 0 spiro atoms. The first kappa shape index (κ1) is 31.5. The lowest BCUT2D eigenvalue weighted by Crippen LogP contribution is -2.00. The molecule has 0 aliphatic heterocycles. The fourth-order valence-electron chi connectivity index (χ4n) is 8.36. The number of aromatic nitrogens is 4. The van der Waals surface area contributed by atoms with E-state index >= 15 is 0 Å². The highest BCUT2D eigenvalue weighted by Crippen LogP contribution is 2.42. The van der Waals surface area contributed by atoms with Crippen LogP contribution < -0.4 is 0 Å². The molecule has 0 aliphatic carbocycles. The van der Waals surface area contributed by atoms with E-state index in [0.717, 1.165) is 88.4 Å². The zero-order valence-electron chi connectivity index (χ0n) is 30.4. The van der Waals surface area contributed by atoms with Gasteiger partial charge in [-0.05, 0) is 65.7 Å². The molecule has 0 unspecified atom stereocenters. The van der Waals surface area contributed by atoms with Crippen molar-refractivity contribution in [2.45, 2.75) is 0 Å². The van der Waals surface area contributed by atoms with E-state index < -0.39 is 0 Å². The highest BCUT2D eigenvalue weighted by atomic mass is 16.3. The van der Waals surface area contributed by atoms with Crippen LogP contribution in [0.5, 0.6) is 0 Å². The predicted molar refractivity (Wildman–Crippen MR) is 230 cm³/mol. The van der Waals surface area contributed by atoms with Crippen LogP contribution in [0.1, 0.15) is 0 Å². The van der Waals surface area contributed by atoms with Crippen molar-refractivity contribution < 1.29 is 8.83 Å². The summed E-state index contributed by atoms with van der Waals surface area (Å²) in [6.07, 6.45) is 0. The molecule has 0 saturated heterocycles. The average molecular weight is 731 g/mol. The topological polar surface area (TPSA) is 69.9 Å². The number of nitrogens with zero attached hydrogens (tertiary/aromatic N) is 4. The van der Waals surface area contributed by atoms with Gasteiger partial charge in [-0.2, -0.15) is 0 Å². The van der Waals surface area contributed by atoms with Gasteiger partial charge in [-0.25, -0.2) is 15.0 Å². The predicted octanol–water partition coefficient (Wildman–Crippen LogP) is 13.4. The third kappa shape index (κ3) is 5.01. The summed E-state index contributed by atoms with van der Waals surface area (Å²) < 4.78 is 15.6. The molecule has 12 rings (SSSR count). The minimum Gasteiger partial charge on any atom is -0.456 e. The van der Waals surface area contributed by atoms with E-state index in [1.165, 1.54) is 10.8 Å². The van der Waals surface area contributed by atoms with Gasteiger partial charge < -0.3 is 13.4 Å². The second kappa shape index (κ2) is 12.3. The molecule has 0 atom stereocenters. The summed E-state index contributed by atoms with van der Waals surface area (Å²) in [4.78, 5) is 15.1. The maximum atomic E-state index is 6.96. The van der Waals surface area contributed by atoms with Gasteiger partial charge in [-0.15, -0.1) is 0 Å². The standard InChI is InChI=1S/C51H30N4O2/c1-3-13-31(14-4-1)35-27-41-40-26-24-34(30-47(40)57-48(41)44(28-35)55-42-20-10-7-17-36(42)37-18-8-11-21-43(37)55)51-53-49(32-15-5-2-6-16-32)52-50(54-51)33-23-25-39-38-19-9-12-22-45(38)56-46(39)29-33/h1-30H. The summed E-state index contributed by atoms with van der Waals surface area (Å²) in [6, 6.07) is 62.8. The highest BCUT2D eigenvalue weighted by Gasteiger charge is 2.21. The van der Waals surface area contributed by atoms with Gasteiger partial charge in [0.25, 0.3) is 0 Å². The van der Waals surface area contributed by atoms with Crippen LogP contribution in [0.2, 0.25) is 0 Å². The molecule has 57 heavy (non-hydrogen) atoms. The Kier molecular flexibility index (Phi) is 6.83. The number of hydrogen-bond acceptors (Lipinski definition) is 5. The Morgan fingerprint density at radius 3 is 1.46 bits per heavy atom. The Labute approximate surface area is 325 Å². The molecule has 0 amide bonds. The second-order valence-electron chi connectivity index (χ2n) is 14.4. The molecule has 6 heteroatoms. The number of hydrogen-bond donors (Lipinski definition) is 0. The fraction of sp³-hybridized carbons (Fsp3) is 0. The van der Waals surface area contributed by atoms with Crippen molar-refractivity contribution >= 4 is 65.7 Å². The third-order valence-corrected chi connectivity index (χ3v) is 11.0. The van der Waals surface area contributed by atoms with E-state index in [2.05, 4.69) is 132 Å². The molecule has 4 heterocycles. The van der Waals surface area contributed by atoms with Crippen LogP contribution in [0.3, 0.4) is 0 Å². The van der Waals surface area contributed by atoms with Crippen LogP contribution in [0.15, 0.2) is 191 Å². The number of benzene rings is 8. The van der Waals surface area contributed by atoms with E-state index in [1.54, 1.807) is 0 Å². The number of furan rings is 2. The van der Waals surface area contributed by atoms with Crippen molar-refractivity contribution in [1.82, 2.24) is 19.5 Å². The summed E-state index contributed by atoms with van der Waals surface area (Å²) in [5.74, 6) is 1.71. The van der Waals surface area contributed by atoms with Gasteiger partial charge in [0.2, 0.25) is 0 Å². The van der Waals surface area contributed by atoms with Crippen molar-refractivity contribution in [3.63, 3.8) is 0 Å². The molecule has 12 aromatic rings. The Morgan fingerprint density at radius 1 is 0.316 bits per heavy atom. The summed E-state index contributed by atoms with van der Waals surface area (Å²) in [5.41, 5.74) is 11.3. The molecule has 0 N–H and O–H groups in total. The zero-order chi connectivity index (χ0) is 37.5. The Hall–Kier alpha value is -7.83. The van der Waals surface area contributed by atoms with Crippen LogP contribution in [-0.4, -0.2) is 19.5 Å². The minimum atomic E-state index is 0.554. The maximum absolute atomic E-state index is 6.96. The third-order valence-electron chi connectivity index (χ3n) is 11.0. The van der Waals surface area contributed by atoms with Crippen LogP contribution in [0.25, 0.3) is 117 Å². The van der Waals surface area contributed by atoms with Crippen LogP contribution in [0.4, 0.5) is 0 Å². The largest absolute Gasteiger partial charge is 0.456 e. The van der Waals surface area contributed by atoms with E-state index in [-0.39, 0.29) is 0 Å². The smallest absolute Gasteiger partial charge is 0.164 e. The molecule has 8 aromatic carbocycles. The molecule has 0 fully saturated rings. The molecule has 0 bridgehead atoms. The number of para-hydroxylation sites is 3. The molecular weight excluding hydrogens is 701 g/mol. The van der Waals surface area contributed by atoms with Gasteiger partial charge in [0, 0.05) is 49.0 Å². The first-order valence-corrected chi connectivity index (χ1v) is 19.0. The van der Waals surface area contributed by atoms with E-state index in [9.17, 15) is 0 Å². The zero-order valence-corrected chi connectivity index (χ0v) is 30.4. The quantitative estimate of drug-likeness (QED) is 0.176. The Balaban J connectivity index is 1.07. The summed E-state index contributed by atoms with van der Waals surface area (Å²) in [5, 5.41) is 6.58. The van der Waals surface area contributed by atoms with Gasteiger partial charge in [0.1, 0.15) is 16.7 Å². The van der Waals surface area contributed by atoms with E-state index in [0.29, 0.717) is 17.5 Å². The van der Waals surface area contributed by atoms with Crippen molar-refractivity contribution in [2.24, 2.45) is 0 Å². The van der Waals surface area contributed by atoms with E-state index in [4.69, 9.17) is 23.8 Å². The molecule has 0 aliphatic rings. The lowest BCUT2D eigenvalue weighted by Gasteiger charge is -2.11. The SMILES string of the molecule is c1ccc(-c2cc(-n3c4ccccc4c4ccccc43)c3oc4cc(-c5nc(-c6ccccc6)nc(-c6ccc7c(c6)oc6ccccc67)n5)ccc4c3c2)cc1. The molecular formula is C51H30N4O2. The lowest BCUT2D eigenvalue weighted by molar-refractivity contribution is 0.666. The van der Waals surface area contributed by atoms with Gasteiger partial charge in [0.15, 0.2) is 23.1 Å². The van der Waals surface area contributed by atoms with Crippen molar-refractivity contribution in [2.75, 3.05) is 0 Å². The molecule has 0 saturated carbocycles. The summed E-state index contributed by atoms with van der Waals surface area (Å²) in [7, 11) is 0. The maximum Gasteiger partial charge on any atom is 0.164 e. The van der Waals surface area contributed by atoms with Gasteiger partial charge >= 0.3 is 0 Å². The average Bonchev–Trinajstić information content (AvgIpc) is 3.95. The van der Waals surface area contributed by atoms with Crippen LogP contribution in [-0.2, 0) is 0 Å². The molecule has 0 radical (unpaired) electrons. The summed E-state index contributed by atoms with van der Waals surface area (Å²) in [6.45, 7) is 0. The molecule has 266 valence electrons. The molecule has 6 nitrogen and oxygen atoms in total. The van der Waals surface area contributed by atoms with Crippen molar-refractivity contribution in [3.8, 4) is 51.0 Å². The van der Waals surface area contributed by atoms with Gasteiger partial charge in [-0.1, -0.05) is 127 Å². The first-order valence-electron chi connectivity index (χ1n) is 19.0. The Bertz CT molecular complexity index is 3470. The van der Waals surface area contributed by atoms with Crippen molar-refractivity contribution in [1.29, 1.82) is 0 Å². The number of fused-ring (bicyclic) bond motifs is 9. The second-order valence-corrected chi connectivity index (χ2v) is 14.4. The normalized spacial score (nSPS) is 11.9. The lowest BCUT2D eigenvalue weighted by atomic mass is 10.0. The minimum absolute atomic E-state index is 0.554. The van der Waals surface area contributed by atoms with Gasteiger partial charge in [-0.3, -0.25) is 0 Å². The number of rotatable bonds is 5. The Morgan fingerprint density at radius 2 is 0.807 bits per heavy atom. The monoisotopic (exact) mass is 730 g/mol. The van der Waals surface area contributed by atoms with Crippen LogP contribution in [0, 0.1) is 0 Å².